The Morgan fingerprint density at radius 2 is 1.86 bits per heavy atom. The highest BCUT2D eigenvalue weighted by Crippen LogP contribution is 2.28. The molecule has 1 aromatic heterocycles. The van der Waals surface area contributed by atoms with Gasteiger partial charge in [0, 0.05) is 11.0 Å². The summed E-state index contributed by atoms with van der Waals surface area (Å²) in [7, 11) is 0. The van der Waals surface area contributed by atoms with E-state index < -0.39 is 5.91 Å². The number of nitrogens with zero attached hydrogens (tertiary/aromatic N) is 2. The molecule has 3 rings (SSSR count). The number of aromatic nitrogens is 2. The van der Waals surface area contributed by atoms with Gasteiger partial charge in [-0.15, -0.1) is 10.2 Å². The van der Waals surface area contributed by atoms with Gasteiger partial charge in [-0.25, -0.2) is 0 Å². The third-order valence-electron chi connectivity index (χ3n) is 4.02. The van der Waals surface area contributed by atoms with Gasteiger partial charge >= 0.3 is 0 Å². The molecule has 8 heteroatoms. The fourth-order valence-electron chi connectivity index (χ4n) is 2.51. The lowest BCUT2D eigenvalue weighted by molar-refractivity contribution is 0.0994. The first-order chi connectivity index (χ1) is 13.7. The maximum Gasteiger partial charge on any atom is 0.257 e. The van der Waals surface area contributed by atoms with Crippen LogP contribution in [0.15, 0.2) is 48.5 Å². The van der Waals surface area contributed by atoms with E-state index in [2.05, 4.69) is 15.5 Å². The van der Waals surface area contributed by atoms with Gasteiger partial charge in [0.1, 0.15) is 17.4 Å². The Morgan fingerprint density at radius 3 is 2.55 bits per heavy atom. The van der Waals surface area contributed by atoms with E-state index >= 15 is 0 Å². The Kier molecular flexibility index (Phi) is 5.93. The van der Waals surface area contributed by atoms with E-state index in [1.54, 1.807) is 42.5 Å². The summed E-state index contributed by atoms with van der Waals surface area (Å²) < 4.78 is 5.73. The summed E-state index contributed by atoms with van der Waals surface area (Å²) in [5.74, 6) is -0.431. The van der Waals surface area contributed by atoms with E-state index in [1.807, 2.05) is 26.8 Å². The minimum Gasteiger partial charge on any atom is -0.488 e. The first-order valence-corrected chi connectivity index (χ1v) is 9.81. The molecule has 0 fully saturated rings. The lowest BCUT2D eigenvalue weighted by Crippen LogP contribution is -2.13. The molecule has 0 aliphatic heterocycles. The van der Waals surface area contributed by atoms with Gasteiger partial charge in [0.15, 0.2) is 0 Å². The number of para-hydroxylation sites is 1. The number of amides is 2. The van der Waals surface area contributed by atoms with Gasteiger partial charge < -0.3 is 10.5 Å². The SMILES string of the molecule is CC(C)(C)c1nnc(NC(=O)c2cccc(COc3ccccc3C(N)=O)c2)s1. The molecule has 29 heavy (non-hydrogen) atoms. The number of hydrogen-bond acceptors (Lipinski definition) is 6. The molecule has 2 aromatic carbocycles. The number of carbonyl (C=O) groups excluding carboxylic acids is 2. The molecule has 3 N–H and O–H groups in total. The molecular weight excluding hydrogens is 388 g/mol. The second kappa shape index (κ2) is 8.40. The van der Waals surface area contributed by atoms with E-state index in [4.69, 9.17) is 10.5 Å². The van der Waals surface area contributed by atoms with Crippen LogP contribution >= 0.6 is 11.3 Å². The van der Waals surface area contributed by atoms with Crippen LogP contribution in [0.25, 0.3) is 0 Å². The van der Waals surface area contributed by atoms with Crippen molar-refractivity contribution in [3.63, 3.8) is 0 Å². The summed E-state index contributed by atoms with van der Waals surface area (Å²) in [5, 5.41) is 12.3. The van der Waals surface area contributed by atoms with E-state index in [1.165, 1.54) is 11.3 Å². The van der Waals surface area contributed by atoms with Gasteiger partial charge in [-0.2, -0.15) is 0 Å². The largest absolute Gasteiger partial charge is 0.488 e. The lowest BCUT2D eigenvalue weighted by Gasteiger charge is -2.12. The molecule has 0 radical (unpaired) electrons. The predicted octanol–water partition coefficient (Wildman–Crippen LogP) is 3.77. The quantitative estimate of drug-likeness (QED) is 0.643. The number of hydrogen-bond donors (Lipinski definition) is 2. The fourth-order valence-corrected chi connectivity index (χ4v) is 3.30. The van der Waals surface area contributed by atoms with E-state index in [0.717, 1.165) is 10.6 Å². The lowest BCUT2D eigenvalue weighted by atomic mass is 9.98. The Morgan fingerprint density at radius 1 is 1.10 bits per heavy atom. The van der Waals surface area contributed by atoms with Crippen LogP contribution in [0.5, 0.6) is 5.75 Å². The number of anilines is 1. The Hall–Kier alpha value is -3.26. The van der Waals surface area contributed by atoms with Crippen molar-refractivity contribution in [3.05, 3.63) is 70.2 Å². The van der Waals surface area contributed by atoms with Gasteiger partial charge in [0.25, 0.3) is 11.8 Å². The first kappa shape index (κ1) is 20.5. The molecule has 0 saturated carbocycles. The van der Waals surface area contributed by atoms with Crippen molar-refractivity contribution in [3.8, 4) is 5.75 Å². The fraction of sp³-hybridized carbons (Fsp3) is 0.238. The third kappa shape index (κ3) is 5.17. The van der Waals surface area contributed by atoms with Crippen LogP contribution < -0.4 is 15.8 Å². The molecule has 0 spiro atoms. The first-order valence-electron chi connectivity index (χ1n) is 9.00. The molecule has 1 heterocycles. The summed E-state index contributed by atoms with van der Waals surface area (Å²) in [6, 6.07) is 13.8. The maximum atomic E-state index is 12.6. The van der Waals surface area contributed by atoms with Gasteiger partial charge in [0.05, 0.1) is 5.56 Å². The molecule has 0 bridgehead atoms. The van der Waals surface area contributed by atoms with Gasteiger partial charge in [0.2, 0.25) is 5.13 Å². The summed E-state index contributed by atoms with van der Waals surface area (Å²) in [4.78, 5) is 24.1. The molecule has 0 saturated heterocycles. The Bertz CT molecular complexity index is 1040. The smallest absolute Gasteiger partial charge is 0.257 e. The minimum atomic E-state index is -0.555. The molecule has 0 aliphatic carbocycles. The number of carbonyl (C=O) groups is 2. The zero-order chi connectivity index (χ0) is 21.0. The molecule has 150 valence electrons. The van der Waals surface area contributed by atoms with Crippen molar-refractivity contribution >= 4 is 28.3 Å². The summed E-state index contributed by atoms with van der Waals surface area (Å²) in [5.41, 5.74) is 6.81. The molecular formula is C21H22N4O3S. The Balaban J connectivity index is 1.69. The van der Waals surface area contributed by atoms with E-state index in [-0.39, 0.29) is 17.9 Å². The highest BCUT2D eigenvalue weighted by molar-refractivity contribution is 7.15. The molecule has 0 atom stereocenters. The number of primary amides is 1. The van der Waals surface area contributed by atoms with Gasteiger partial charge in [-0.1, -0.05) is 56.4 Å². The average molecular weight is 410 g/mol. The minimum absolute atomic E-state index is 0.126. The van der Waals surface area contributed by atoms with Crippen molar-refractivity contribution in [1.82, 2.24) is 10.2 Å². The zero-order valence-electron chi connectivity index (χ0n) is 16.4. The number of nitrogens with one attached hydrogen (secondary N) is 1. The number of benzene rings is 2. The summed E-state index contributed by atoms with van der Waals surface area (Å²) >= 11 is 1.36. The van der Waals surface area contributed by atoms with Crippen molar-refractivity contribution in [1.29, 1.82) is 0 Å². The zero-order valence-corrected chi connectivity index (χ0v) is 17.2. The standard InChI is InChI=1S/C21H22N4O3S/c1-21(2,3)19-24-25-20(29-19)23-18(27)14-8-6-7-13(11-14)12-28-16-10-5-4-9-15(16)17(22)26/h4-11H,12H2,1-3H3,(H2,22,26)(H,23,25,27). The maximum absolute atomic E-state index is 12.6. The van der Waals surface area contributed by atoms with Crippen LogP contribution in [-0.2, 0) is 12.0 Å². The second-order valence-electron chi connectivity index (χ2n) is 7.47. The highest BCUT2D eigenvalue weighted by Gasteiger charge is 2.20. The van der Waals surface area contributed by atoms with Crippen molar-refractivity contribution in [2.24, 2.45) is 5.73 Å². The average Bonchev–Trinajstić information content (AvgIpc) is 3.16. The van der Waals surface area contributed by atoms with Crippen LogP contribution in [0.3, 0.4) is 0 Å². The van der Waals surface area contributed by atoms with Crippen LogP contribution in [0.2, 0.25) is 0 Å². The van der Waals surface area contributed by atoms with Crippen molar-refractivity contribution < 1.29 is 14.3 Å². The number of rotatable bonds is 6. The van der Waals surface area contributed by atoms with Gasteiger partial charge in [-0.3, -0.25) is 14.9 Å². The van der Waals surface area contributed by atoms with Crippen molar-refractivity contribution in [2.75, 3.05) is 5.32 Å². The summed E-state index contributed by atoms with van der Waals surface area (Å²) in [6.07, 6.45) is 0. The normalized spacial score (nSPS) is 11.1. The van der Waals surface area contributed by atoms with E-state index in [9.17, 15) is 9.59 Å². The van der Waals surface area contributed by atoms with Crippen LogP contribution in [0.4, 0.5) is 5.13 Å². The molecule has 0 aliphatic rings. The number of ether oxygens (including phenoxy) is 1. The van der Waals surface area contributed by atoms with Crippen LogP contribution in [0.1, 0.15) is 52.1 Å². The highest BCUT2D eigenvalue weighted by atomic mass is 32.1. The molecule has 3 aromatic rings. The van der Waals surface area contributed by atoms with E-state index in [0.29, 0.717) is 22.0 Å². The topological polar surface area (TPSA) is 107 Å². The Labute approximate surface area is 172 Å². The summed E-state index contributed by atoms with van der Waals surface area (Å²) in [6.45, 7) is 6.31. The molecule has 7 nitrogen and oxygen atoms in total. The van der Waals surface area contributed by atoms with Crippen LogP contribution in [-0.4, -0.2) is 22.0 Å². The molecule has 2 amide bonds. The molecule has 0 unspecified atom stereocenters. The van der Waals surface area contributed by atoms with Gasteiger partial charge in [-0.05, 0) is 29.8 Å². The number of nitrogens with two attached hydrogens (primary N) is 1. The predicted molar refractivity (Wildman–Crippen MR) is 112 cm³/mol. The third-order valence-corrected chi connectivity index (χ3v) is 5.29. The van der Waals surface area contributed by atoms with Crippen molar-refractivity contribution in [2.45, 2.75) is 32.8 Å². The monoisotopic (exact) mass is 410 g/mol. The second-order valence-corrected chi connectivity index (χ2v) is 8.44. The van der Waals surface area contributed by atoms with Crippen LogP contribution in [0, 0.1) is 0 Å².